The number of carbonyl (C=O) groups is 1. The van der Waals surface area contributed by atoms with Gasteiger partial charge in [0, 0.05) is 40.4 Å². The van der Waals surface area contributed by atoms with Crippen LogP contribution in [0, 0.1) is 0 Å². The smallest absolute Gasteiger partial charge is 0.271 e. The van der Waals surface area contributed by atoms with E-state index in [0.29, 0.717) is 11.1 Å². The lowest BCUT2D eigenvalue weighted by Crippen LogP contribution is -2.21. The van der Waals surface area contributed by atoms with Crippen LogP contribution in [0.5, 0.6) is 5.75 Å². The Morgan fingerprint density at radius 2 is 2.00 bits per heavy atom. The number of phenolic OH excluding ortho intramolecular Hbond substituents is 1. The number of carbonyl (C=O) groups excluding carboxylic acids is 1. The maximum Gasteiger partial charge on any atom is 0.271 e. The van der Waals surface area contributed by atoms with Crippen molar-refractivity contribution in [3.8, 4) is 5.75 Å². The van der Waals surface area contributed by atoms with E-state index < -0.39 is 0 Å². The van der Waals surface area contributed by atoms with Crippen molar-refractivity contribution in [3.05, 3.63) is 58.1 Å². The van der Waals surface area contributed by atoms with E-state index in [-0.39, 0.29) is 11.7 Å². The minimum Gasteiger partial charge on any atom is -0.507 e. The molecule has 0 bridgehead atoms. The molecule has 0 atom stereocenters. The largest absolute Gasteiger partial charge is 0.507 e. The average Bonchev–Trinajstić information content (AvgIpc) is 2.57. The third-order valence-corrected chi connectivity index (χ3v) is 4.09. The van der Waals surface area contributed by atoms with Gasteiger partial charge in [-0.05, 0) is 44.2 Å². The summed E-state index contributed by atoms with van der Waals surface area (Å²) in [5.41, 5.74) is 4.45. The summed E-state index contributed by atoms with van der Waals surface area (Å²) in [5.74, 6) is -0.188. The normalized spacial score (nSPS) is 10.8. The minimum atomic E-state index is -0.313. The molecule has 0 saturated carbocycles. The number of hydrazone groups is 1. The number of anilines is 1. The molecule has 0 aliphatic heterocycles. The van der Waals surface area contributed by atoms with Gasteiger partial charge >= 0.3 is 0 Å². The molecule has 0 aromatic heterocycles. The number of nitrogens with one attached hydrogen (secondary N) is 1. The molecule has 0 aliphatic rings. The summed E-state index contributed by atoms with van der Waals surface area (Å²) in [6.45, 7) is 5.86. The number of nitrogens with zero attached hydrogens (tertiary/aromatic N) is 2. The molecule has 0 fully saturated rings. The Kier molecular flexibility index (Phi) is 6.37. The predicted molar refractivity (Wildman–Crippen MR) is 101 cm³/mol. The van der Waals surface area contributed by atoms with Crippen LogP contribution < -0.4 is 10.3 Å². The molecule has 126 valence electrons. The number of benzene rings is 2. The van der Waals surface area contributed by atoms with Gasteiger partial charge in [-0.25, -0.2) is 5.43 Å². The zero-order chi connectivity index (χ0) is 17.5. The first-order chi connectivity index (χ1) is 11.5. The monoisotopic (exact) mass is 389 g/mol. The molecule has 0 heterocycles. The molecule has 6 heteroatoms. The molecule has 0 radical (unpaired) electrons. The molecule has 2 aromatic carbocycles. The number of phenols is 1. The van der Waals surface area contributed by atoms with Gasteiger partial charge in [0.25, 0.3) is 5.91 Å². The third kappa shape index (κ3) is 4.58. The molecule has 0 saturated heterocycles. The Morgan fingerprint density at radius 1 is 1.25 bits per heavy atom. The second kappa shape index (κ2) is 8.49. The highest BCUT2D eigenvalue weighted by molar-refractivity contribution is 9.10. The van der Waals surface area contributed by atoms with E-state index in [4.69, 9.17) is 0 Å². The highest BCUT2D eigenvalue weighted by Gasteiger charge is 2.06. The van der Waals surface area contributed by atoms with E-state index in [9.17, 15) is 9.90 Å². The van der Waals surface area contributed by atoms with Crippen LogP contribution >= 0.6 is 15.9 Å². The zero-order valence-electron chi connectivity index (χ0n) is 13.7. The van der Waals surface area contributed by atoms with Crippen molar-refractivity contribution < 1.29 is 9.90 Å². The minimum absolute atomic E-state index is 0.125. The van der Waals surface area contributed by atoms with E-state index >= 15 is 0 Å². The lowest BCUT2D eigenvalue weighted by Gasteiger charge is -2.21. The Bertz CT molecular complexity index is 743. The molecule has 0 aliphatic carbocycles. The molecular formula is C18H20BrN3O2. The van der Waals surface area contributed by atoms with Gasteiger partial charge in [-0.2, -0.15) is 5.10 Å². The quantitative estimate of drug-likeness (QED) is 0.583. The highest BCUT2D eigenvalue weighted by atomic mass is 79.9. The van der Waals surface area contributed by atoms with Gasteiger partial charge in [-0.3, -0.25) is 4.79 Å². The first-order valence-electron chi connectivity index (χ1n) is 7.72. The topological polar surface area (TPSA) is 64.9 Å². The first-order valence-corrected chi connectivity index (χ1v) is 8.51. The van der Waals surface area contributed by atoms with Crippen LogP contribution in [0.1, 0.15) is 29.8 Å². The molecule has 2 rings (SSSR count). The molecule has 0 spiro atoms. The zero-order valence-corrected chi connectivity index (χ0v) is 15.2. The molecular weight excluding hydrogens is 370 g/mol. The number of rotatable bonds is 6. The summed E-state index contributed by atoms with van der Waals surface area (Å²) < 4.78 is 0.823. The van der Waals surface area contributed by atoms with Gasteiger partial charge in [0.2, 0.25) is 0 Å². The predicted octanol–water partition coefficient (Wildman–Crippen LogP) is 3.76. The van der Waals surface area contributed by atoms with Crippen molar-refractivity contribution in [1.29, 1.82) is 0 Å². The van der Waals surface area contributed by atoms with Gasteiger partial charge in [0.1, 0.15) is 5.75 Å². The van der Waals surface area contributed by atoms with Crippen molar-refractivity contribution in [2.45, 2.75) is 13.8 Å². The number of hydrogen-bond acceptors (Lipinski definition) is 4. The average molecular weight is 390 g/mol. The Morgan fingerprint density at radius 3 is 2.62 bits per heavy atom. The SMILES string of the molecule is CCN(CC)c1ccc(/C=N/NC(=O)c2cccc(Br)c2)c(O)c1. The molecule has 2 N–H and O–H groups in total. The van der Waals surface area contributed by atoms with Gasteiger partial charge in [0.15, 0.2) is 0 Å². The Hall–Kier alpha value is -2.34. The number of aromatic hydroxyl groups is 1. The van der Waals surface area contributed by atoms with Crippen LogP contribution in [0.15, 0.2) is 52.0 Å². The molecule has 0 unspecified atom stereocenters. The summed E-state index contributed by atoms with van der Waals surface area (Å²) in [4.78, 5) is 14.1. The maximum atomic E-state index is 12.0. The molecule has 24 heavy (non-hydrogen) atoms. The van der Waals surface area contributed by atoms with Crippen LogP contribution in [0.4, 0.5) is 5.69 Å². The van der Waals surface area contributed by atoms with Crippen molar-refractivity contribution in [2.75, 3.05) is 18.0 Å². The van der Waals surface area contributed by atoms with Crippen molar-refractivity contribution in [2.24, 2.45) is 5.10 Å². The van der Waals surface area contributed by atoms with Crippen molar-refractivity contribution in [3.63, 3.8) is 0 Å². The van der Waals surface area contributed by atoms with E-state index in [1.807, 2.05) is 12.1 Å². The first kappa shape index (κ1) is 18.0. The summed E-state index contributed by atoms with van der Waals surface area (Å²) in [5, 5.41) is 14.0. The fourth-order valence-corrected chi connectivity index (χ4v) is 2.68. The van der Waals surface area contributed by atoms with Crippen molar-refractivity contribution in [1.82, 2.24) is 5.43 Å². The lowest BCUT2D eigenvalue weighted by atomic mass is 10.2. The summed E-state index contributed by atoms with van der Waals surface area (Å²) in [6, 6.07) is 12.4. The fourth-order valence-electron chi connectivity index (χ4n) is 2.28. The third-order valence-electron chi connectivity index (χ3n) is 3.60. The van der Waals surface area contributed by atoms with E-state index in [1.54, 1.807) is 30.3 Å². The standard InChI is InChI=1S/C18H20BrN3O2/c1-3-22(4-2)16-9-8-14(17(23)11-16)12-20-21-18(24)13-6-5-7-15(19)10-13/h5-12,23H,3-4H2,1-2H3,(H,21,24)/b20-12+. The summed E-state index contributed by atoms with van der Waals surface area (Å²) in [6.07, 6.45) is 1.43. The van der Waals surface area contributed by atoms with Crippen LogP contribution in [-0.4, -0.2) is 30.3 Å². The number of hydrogen-bond donors (Lipinski definition) is 2. The molecule has 2 aromatic rings. The second-order valence-electron chi connectivity index (χ2n) is 5.12. The summed E-state index contributed by atoms with van der Waals surface area (Å²) in [7, 11) is 0. The fraction of sp³-hybridized carbons (Fsp3) is 0.222. The van der Waals surface area contributed by atoms with E-state index in [0.717, 1.165) is 23.2 Å². The van der Waals surface area contributed by atoms with Crippen molar-refractivity contribution >= 4 is 33.7 Å². The van der Waals surface area contributed by atoms with Crippen LogP contribution in [0.25, 0.3) is 0 Å². The molecule has 1 amide bonds. The van der Waals surface area contributed by atoms with E-state index in [2.05, 4.69) is 45.2 Å². The highest BCUT2D eigenvalue weighted by Crippen LogP contribution is 2.23. The number of amides is 1. The van der Waals surface area contributed by atoms with Crippen LogP contribution in [-0.2, 0) is 0 Å². The van der Waals surface area contributed by atoms with Gasteiger partial charge in [-0.15, -0.1) is 0 Å². The summed E-state index contributed by atoms with van der Waals surface area (Å²) >= 11 is 3.32. The molecule has 5 nitrogen and oxygen atoms in total. The Balaban J connectivity index is 2.05. The van der Waals surface area contributed by atoms with E-state index in [1.165, 1.54) is 6.21 Å². The van der Waals surface area contributed by atoms with Crippen LogP contribution in [0.3, 0.4) is 0 Å². The lowest BCUT2D eigenvalue weighted by molar-refractivity contribution is 0.0955. The van der Waals surface area contributed by atoms with Gasteiger partial charge in [-0.1, -0.05) is 22.0 Å². The van der Waals surface area contributed by atoms with Gasteiger partial charge in [0.05, 0.1) is 6.21 Å². The maximum absolute atomic E-state index is 12.0. The van der Waals surface area contributed by atoms with Gasteiger partial charge < -0.3 is 10.0 Å². The van der Waals surface area contributed by atoms with Crippen LogP contribution in [0.2, 0.25) is 0 Å². The number of halogens is 1. The second-order valence-corrected chi connectivity index (χ2v) is 6.04. The Labute approximate surface area is 150 Å².